The third-order valence-corrected chi connectivity index (χ3v) is 3.77. The van der Waals surface area contributed by atoms with E-state index in [1.165, 1.54) is 0 Å². The second kappa shape index (κ2) is 6.87. The molecule has 2 rings (SSSR count). The molecular formula is C17H26N4. The molecule has 0 bridgehead atoms. The molecule has 21 heavy (non-hydrogen) atoms. The van der Waals surface area contributed by atoms with E-state index in [4.69, 9.17) is 10.7 Å². The van der Waals surface area contributed by atoms with Crippen LogP contribution in [0.4, 0.5) is 5.82 Å². The number of benzene rings is 1. The molecule has 4 nitrogen and oxygen atoms in total. The van der Waals surface area contributed by atoms with Crippen LogP contribution in [0.3, 0.4) is 0 Å². The smallest absolute Gasteiger partial charge is 0.134 e. The summed E-state index contributed by atoms with van der Waals surface area (Å²) in [7, 11) is 4.20. The van der Waals surface area contributed by atoms with Gasteiger partial charge < -0.3 is 15.5 Å². The molecule has 0 fully saturated rings. The molecule has 0 aliphatic rings. The molecule has 0 saturated carbocycles. The predicted molar refractivity (Wildman–Crippen MR) is 90.7 cm³/mol. The highest BCUT2D eigenvalue weighted by molar-refractivity contribution is 5.81. The molecule has 2 aromatic rings. The van der Waals surface area contributed by atoms with Crippen LogP contribution in [0.5, 0.6) is 0 Å². The number of hydrogen-bond acceptors (Lipinski definition) is 4. The average Bonchev–Trinajstić information content (AvgIpc) is 2.46. The fourth-order valence-electron chi connectivity index (χ4n) is 2.85. The van der Waals surface area contributed by atoms with Crippen LogP contribution in [0.2, 0.25) is 0 Å². The third-order valence-electron chi connectivity index (χ3n) is 3.77. The highest BCUT2D eigenvalue weighted by atomic mass is 15.2. The van der Waals surface area contributed by atoms with Crippen LogP contribution in [0, 0.1) is 0 Å². The van der Waals surface area contributed by atoms with Gasteiger partial charge >= 0.3 is 0 Å². The molecule has 4 heteroatoms. The summed E-state index contributed by atoms with van der Waals surface area (Å²) in [6.45, 7) is 6.84. The summed E-state index contributed by atoms with van der Waals surface area (Å²) in [5.74, 6) is 1.02. The maximum atomic E-state index is 5.96. The standard InChI is InChI=1S/C17H26N4/c1-5-21(13(2)12-20(3)4)17-15(11-18)10-14-8-6-7-9-16(14)19-17/h6-10,13H,5,11-12,18H2,1-4H3. The molecule has 1 unspecified atom stereocenters. The summed E-state index contributed by atoms with van der Waals surface area (Å²) in [5, 5.41) is 1.15. The highest BCUT2D eigenvalue weighted by Gasteiger charge is 2.18. The first-order chi connectivity index (χ1) is 10.1. The van der Waals surface area contributed by atoms with E-state index in [-0.39, 0.29) is 0 Å². The van der Waals surface area contributed by atoms with Crippen LogP contribution in [0.25, 0.3) is 10.9 Å². The second-order valence-corrected chi connectivity index (χ2v) is 5.77. The number of anilines is 1. The van der Waals surface area contributed by atoms with Crippen molar-refractivity contribution in [2.75, 3.05) is 32.1 Å². The lowest BCUT2D eigenvalue weighted by molar-refractivity contribution is 0.372. The molecule has 0 amide bonds. The zero-order valence-electron chi connectivity index (χ0n) is 13.5. The van der Waals surface area contributed by atoms with Gasteiger partial charge in [-0.2, -0.15) is 0 Å². The lowest BCUT2D eigenvalue weighted by Crippen LogP contribution is -2.41. The molecule has 1 heterocycles. The SMILES string of the molecule is CCN(c1nc2ccccc2cc1CN)C(C)CN(C)C. The normalized spacial score (nSPS) is 12.9. The van der Waals surface area contributed by atoms with E-state index in [1.54, 1.807) is 0 Å². The zero-order valence-corrected chi connectivity index (χ0v) is 13.5. The topological polar surface area (TPSA) is 45.4 Å². The van der Waals surface area contributed by atoms with E-state index >= 15 is 0 Å². The molecule has 2 N–H and O–H groups in total. The number of para-hydroxylation sites is 1. The van der Waals surface area contributed by atoms with Gasteiger partial charge in [-0.3, -0.25) is 0 Å². The minimum atomic E-state index is 0.393. The number of nitrogens with two attached hydrogens (primary N) is 1. The second-order valence-electron chi connectivity index (χ2n) is 5.77. The first-order valence-corrected chi connectivity index (χ1v) is 7.57. The van der Waals surface area contributed by atoms with Crippen molar-refractivity contribution in [1.29, 1.82) is 0 Å². The molecule has 114 valence electrons. The number of pyridine rings is 1. The summed E-state index contributed by atoms with van der Waals surface area (Å²) < 4.78 is 0. The van der Waals surface area contributed by atoms with Crippen LogP contribution >= 0.6 is 0 Å². The minimum absolute atomic E-state index is 0.393. The van der Waals surface area contributed by atoms with Gasteiger partial charge in [0, 0.05) is 36.6 Å². The van der Waals surface area contributed by atoms with Gasteiger partial charge in [0.1, 0.15) is 5.82 Å². The maximum absolute atomic E-state index is 5.96. The summed E-state index contributed by atoms with van der Waals surface area (Å²) in [6, 6.07) is 10.8. The first kappa shape index (κ1) is 15.7. The maximum Gasteiger partial charge on any atom is 0.134 e. The van der Waals surface area contributed by atoms with Crippen LogP contribution in [-0.4, -0.2) is 43.1 Å². The van der Waals surface area contributed by atoms with Crippen molar-refractivity contribution < 1.29 is 0 Å². The predicted octanol–water partition coefficient (Wildman–Crippen LogP) is 2.47. The van der Waals surface area contributed by atoms with Crippen molar-refractivity contribution in [3.8, 4) is 0 Å². The largest absolute Gasteiger partial charge is 0.353 e. The minimum Gasteiger partial charge on any atom is -0.353 e. The third kappa shape index (κ3) is 3.52. The molecule has 1 aromatic carbocycles. The van der Waals surface area contributed by atoms with Crippen molar-refractivity contribution in [2.45, 2.75) is 26.4 Å². The van der Waals surface area contributed by atoms with Crippen LogP contribution in [-0.2, 0) is 6.54 Å². The van der Waals surface area contributed by atoms with E-state index in [1.807, 2.05) is 12.1 Å². The Labute approximate surface area is 127 Å². The van der Waals surface area contributed by atoms with Crippen LogP contribution in [0.15, 0.2) is 30.3 Å². The number of rotatable bonds is 6. The summed E-state index contributed by atoms with van der Waals surface area (Å²) >= 11 is 0. The summed E-state index contributed by atoms with van der Waals surface area (Å²) in [5.41, 5.74) is 8.10. The average molecular weight is 286 g/mol. The summed E-state index contributed by atoms with van der Waals surface area (Å²) in [6.07, 6.45) is 0. The van der Waals surface area contributed by atoms with Gasteiger partial charge in [0.2, 0.25) is 0 Å². The van der Waals surface area contributed by atoms with Gasteiger partial charge in [0.05, 0.1) is 5.52 Å². The Morgan fingerprint density at radius 2 is 1.95 bits per heavy atom. The van der Waals surface area contributed by atoms with E-state index in [0.29, 0.717) is 12.6 Å². The van der Waals surface area contributed by atoms with Gasteiger partial charge in [0.25, 0.3) is 0 Å². The van der Waals surface area contributed by atoms with Crippen molar-refractivity contribution in [2.24, 2.45) is 5.73 Å². The monoisotopic (exact) mass is 286 g/mol. The Balaban J connectivity index is 2.46. The van der Waals surface area contributed by atoms with Crippen LogP contribution < -0.4 is 10.6 Å². The lowest BCUT2D eigenvalue weighted by Gasteiger charge is -2.32. The van der Waals surface area contributed by atoms with Gasteiger partial charge in [0.15, 0.2) is 0 Å². The van der Waals surface area contributed by atoms with Gasteiger partial charge in [-0.1, -0.05) is 18.2 Å². The Hall–Kier alpha value is -1.65. The first-order valence-electron chi connectivity index (χ1n) is 7.57. The van der Waals surface area contributed by atoms with Crippen molar-refractivity contribution >= 4 is 16.7 Å². The van der Waals surface area contributed by atoms with Crippen molar-refractivity contribution in [1.82, 2.24) is 9.88 Å². The molecule has 1 atom stereocenters. The molecule has 0 saturated heterocycles. The van der Waals surface area contributed by atoms with Crippen LogP contribution in [0.1, 0.15) is 19.4 Å². The molecule has 1 aromatic heterocycles. The number of likely N-dealkylation sites (N-methyl/N-ethyl adjacent to an activating group) is 2. The Bertz CT molecular complexity index is 594. The molecule has 0 aliphatic heterocycles. The van der Waals surface area contributed by atoms with E-state index in [9.17, 15) is 0 Å². The van der Waals surface area contributed by atoms with E-state index in [0.717, 1.165) is 35.4 Å². The number of hydrogen-bond donors (Lipinski definition) is 1. The fraction of sp³-hybridized carbons (Fsp3) is 0.471. The van der Waals surface area contributed by atoms with Gasteiger partial charge in [-0.25, -0.2) is 4.98 Å². The molecular weight excluding hydrogens is 260 g/mol. The van der Waals surface area contributed by atoms with Gasteiger partial charge in [-0.15, -0.1) is 0 Å². The quantitative estimate of drug-likeness (QED) is 0.886. The number of aromatic nitrogens is 1. The highest BCUT2D eigenvalue weighted by Crippen LogP contribution is 2.25. The molecule has 0 aliphatic carbocycles. The number of nitrogens with zero attached hydrogens (tertiary/aromatic N) is 3. The van der Waals surface area contributed by atoms with Crippen molar-refractivity contribution in [3.05, 3.63) is 35.9 Å². The number of fused-ring (bicyclic) bond motifs is 1. The van der Waals surface area contributed by atoms with Gasteiger partial charge in [-0.05, 0) is 40.1 Å². The van der Waals surface area contributed by atoms with E-state index < -0.39 is 0 Å². The molecule has 0 radical (unpaired) electrons. The fourth-order valence-corrected chi connectivity index (χ4v) is 2.85. The summed E-state index contributed by atoms with van der Waals surface area (Å²) in [4.78, 5) is 9.42. The zero-order chi connectivity index (χ0) is 15.4. The Morgan fingerprint density at radius 3 is 2.57 bits per heavy atom. The van der Waals surface area contributed by atoms with E-state index in [2.05, 4.69) is 55.9 Å². The lowest BCUT2D eigenvalue weighted by atomic mass is 10.1. The molecule has 0 spiro atoms. The van der Waals surface area contributed by atoms with Crippen molar-refractivity contribution in [3.63, 3.8) is 0 Å². The Morgan fingerprint density at radius 1 is 1.24 bits per heavy atom. The Kier molecular flexibility index (Phi) is 5.15.